The van der Waals surface area contributed by atoms with Gasteiger partial charge in [-0.2, -0.15) is 0 Å². The van der Waals surface area contributed by atoms with Crippen molar-refractivity contribution in [2.24, 2.45) is 0 Å². The summed E-state index contributed by atoms with van der Waals surface area (Å²) in [6.07, 6.45) is 1.96. The van der Waals surface area contributed by atoms with Crippen LogP contribution in [-0.2, 0) is 15.5 Å². The highest BCUT2D eigenvalue weighted by molar-refractivity contribution is 8.13. The molecule has 0 aromatic carbocycles. The molecule has 0 bridgehead atoms. The third-order valence-corrected chi connectivity index (χ3v) is 3.07. The molecule has 1 aromatic rings. The highest BCUT2D eigenvalue weighted by Crippen LogP contribution is 2.15. The fraction of sp³-hybridized carbons (Fsp3) is 0.444. The van der Waals surface area contributed by atoms with Crippen LogP contribution in [0.15, 0.2) is 12.3 Å². The van der Waals surface area contributed by atoms with Crippen molar-refractivity contribution in [3.05, 3.63) is 23.4 Å². The van der Waals surface area contributed by atoms with Crippen LogP contribution in [0, 0.1) is 6.92 Å². The molecule has 84 valence electrons. The second-order valence-electron chi connectivity index (χ2n) is 3.16. The summed E-state index contributed by atoms with van der Waals surface area (Å²) in [6.45, 7) is 1.85. The van der Waals surface area contributed by atoms with E-state index in [0.717, 1.165) is 11.1 Å². The fourth-order valence-corrected chi connectivity index (χ4v) is 1.92. The molecule has 0 aliphatic rings. The standard InChI is InChI=1S/C9H12ClNO3S/c1-7-5-8(3-4-15(10,12)13)6-11-9(7)14-2/h5-6H,3-4H2,1-2H3. The molecule has 0 spiro atoms. The Balaban J connectivity index is 2.76. The first-order chi connectivity index (χ1) is 6.92. The van der Waals surface area contributed by atoms with Gasteiger partial charge in [-0.05, 0) is 25.0 Å². The van der Waals surface area contributed by atoms with Crippen LogP contribution in [0.5, 0.6) is 5.88 Å². The Morgan fingerprint density at radius 3 is 2.67 bits per heavy atom. The van der Waals surface area contributed by atoms with Gasteiger partial charge in [0.15, 0.2) is 0 Å². The van der Waals surface area contributed by atoms with Crippen molar-refractivity contribution in [2.45, 2.75) is 13.3 Å². The molecule has 0 aliphatic heterocycles. The predicted molar refractivity (Wildman–Crippen MR) is 58.9 cm³/mol. The largest absolute Gasteiger partial charge is 0.481 e. The van der Waals surface area contributed by atoms with Gasteiger partial charge >= 0.3 is 0 Å². The molecule has 0 fully saturated rings. The van der Waals surface area contributed by atoms with Crippen molar-refractivity contribution < 1.29 is 13.2 Å². The molecule has 0 amide bonds. The maximum Gasteiger partial charge on any atom is 0.232 e. The van der Waals surface area contributed by atoms with Gasteiger partial charge in [0.1, 0.15) is 0 Å². The van der Waals surface area contributed by atoms with Crippen molar-refractivity contribution in [1.82, 2.24) is 4.98 Å². The summed E-state index contributed by atoms with van der Waals surface area (Å²) in [7, 11) is 3.21. The molecule has 1 rings (SSSR count). The Kier molecular flexibility index (Phi) is 3.93. The lowest BCUT2D eigenvalue weighted by atomic mass is 10.2. The van der Waals surface area contributed by atoms with Crippen LogP contribution in [0.3, 0.4) is 0 Å². The van der Waals surface area contributed by atoms with Crippen molar-refractivity contribution in [1.29, 1.82) is 0 Å². The van der Waals surface area contributed by atoms with E-state index in [1.807, 2.05) is 13.0 Å². The zero-order valence-electron chi connectivity index (χ0n) is 8.53. The Morgan fingerprint density at radius 1 is 1.53 bits per heavy atom. The summed E-state index contributed by atoms with van der Waals surface area (Å²) in [5.41, 5.74) is 1.71. The van der Waals surface area contributed by atoms with E-state index in [9.17, 15) is 8.42 Å². The third-order valence-electron chi connectivity index (χ3n) is 1.91. The summed E-state index contributed by atoms with van der Waals surface area (Å²) in [6, 6.07) is 1.84. The second-order valence-corrected chi connectivity index (χ2v) is 6.06. The number of rotatable bonds is 4. The zero-order valence-corrected chi connectivity index (χ0v) is 10.1. The molecule has 0 saturated carbocycles. The van der Waals surface area contributed by atoms with E-state index < -0.39 is 9.05 Å². The topological polar surface area (TPSA) is 56.3 Å². The molecule has 0 saturated heterocycles. The molecular formula is C9H12ClNO3S. The van der Waals surface area contributed by atoms with E-state index in [0.29, 0.717) is 12.3 Å². The van der Waals surface area contributed by atoms with E-state index in [1.165, 1.54) is 7.11 Å². The summed E-state index contributed by atoms with van der Waals surface area (Å²) >= 11 is 0. The quantitative estimate of drug-likeness (QED) is 0.759. The molecule has 6 heteroatoms. The summed E-state index contributed by atoms with van der Waals surface area (Å²) in [5.74, 6) is 0.467. The number of aromatic nitrogens is 1. The smallest absolute Gasteiger partial charge is 0.232 e. The summed E-state index contributed by atoms with van der Waals surface area (Å²) < 4.78 is 26.5. The van der Waals surface area contributed by atoms with Gasteiger partial charge in [-0.15, -0.1) is 0 Å². The number of aryl methyl sites for hydroxylation is 2. The average Bonchev–Trinajstić information content (AvgIpc) is 2.14. The maximum atomic E-state index is 10.7. The minimum atomic E-state index is -3.44. The monoisotopic (exact) mass is 249 g/mol. The molecule has 1 heterocycles. The number of pyridine rings is 1. The van der Waals surface area contributed by atoms with Crippen LogP contribution in [0.25, 0.3) is 0 Å². The van der Waals surface area contributed by atoms with Gasteiger partial charge in [-0.25, -0.2) is 13.4 Å². The minimum absolute atomic E-state index is 0.0813. The third kappa shape index (κ3) is 4.05. The molecule has 4 nitrogen and oxygen atoms in total. The van der Waals surface area contributed by atoms with Crippen LogP contribution < -0.4 is 4.74 Å². The highest BCUT2D eigenvalue weighted by Gasteiger charge is 2.07. The second kappa shape index (κ2) is 4.81. The number of nitrogens with zero attached hydrogens (tertiary/aromatic N) is 1. The SMILES string of the molecule is COc1ncc(CCS(=O)(=O)Cl)cc1C. The number of halogens is 1. The first-order valence-corrected chi connectivity index (χ1v) is 6.82. The molecule has 0 atom stereocenters. The molecule has 1 aromatic heterocycles. The van der Waals surface area contributed by atoms with Crippen LogP contribution in [0.4, 0.5) is 0 Å². The first kappa shape index (κ1) is 12.3. The van der Waals surface area contributed by atoms with E-state index >= 15 is 0 Å². The summed E-state index contributed by atoms with van der Waals surface area (Å²) in [4.78, 5) is 4.04. The average molecular weight is 250 g/mol. The Labute approximate surface area is 93.7 Å². The number of ether oxygens (including phenoxy) is 1. The van der Waals surface area contributed by atoms with Gasteiger partial charge in [-0.1, -0.05) is 0 Å². The molecule has 0 unspecified atom stereocenters. The highest BCUT2D eigenvalue weighted by atomic mass is 35.7. The van der Waals surface area contributed by atoms with Gasteiger partial charge in [0.25, 0.3) is 0 Å². The van der Waals surface area contributed by atoms with Crippen LogP contribution in [0.2, 0.25) is 0 Å². The van der Waals surface area contributed by atoms with Crippen molar-refractivity contribution in [2.75, 3.05) is 12.9 Å². The molecule has 0 radical (unpaired) electrons. The molecular weight excluding hydrogens is 238 g/mol. The van der Waals surface area contributed by atoms with Crippen LogP contribution in [-0.4, -0.2) is 26.3 Å². The Bertz CT molecular complexity index is 445. The lowest BCUT2D eigenvalue weighted by molar-refractivity contribution is 0.394. The van der Waals surface area contributed by atoms with Gasteiger partial charge < -0.3 is 4.74 Å². The van der Waals surface area contributed by atoms with Crippen LogP contribution >= 0.6 is 10.7 Å². The molecule has 15 heavy (non-hydrogen) atoms. The Hall–Kier alpha value is -0.810. The van der Waals surface area contributed by atoms with E-state index in [4.69, 9.17) is 15.4 Å². The van der Waals surface area contributed by atoms with E-state index in [-0.39, 0.29) is 5.75 Å². The van der Waals surface area contributed by atoms with E-state index in [1.54, 1.807) is 6.20 Å². The van der Waals surface area contributed by atoms with Gasteiger partial charge in [0, 0.05) is 22.4 Å². The molecule has 0 aliphatic carbocycles. The van der Waals surface area contributed by atoms with Crippen molar-refractivity contribution in [3.8, 4) is 5.88 Å². The maximum absolute atomic E-state index is 10.7. The number of methoxy groups -OCH3 is 1. The van der Waals surface area contributed by atoms with Crippen LogP contribution in [0.1, 0.15) is 11.1 Å². The number of hydrogen-bond donors (Lipinski definition) is 0. The molecule has 0 N–H and O–H groups in total. The minimum Gasteiger partial charge on any atom is -0.481 e. The Morgan fingerprint density at radius 2 is 2.20 bits per heavy atom. The summed E-state index contributed by atoms with van der Waals surface area (Å²) in [5, 5.41) is 0. The predicted octanol–water partition coefficient (Wildman–Crippen LogP) is 1.51. The van der Waals surface area contributed by atoms with Gasteiger partial charge in [-0.3, -0.25) is 0 Å². The number of hydrogen-bond acceptors (Lipinski definition) is 4. The lowest BCUT2D eigenvalue weighted by Crippen LogP contribution is -2.02. The van der Waals surface area contributed by atoms with Crippen molar-refractivity contribution >= 4 is 19.7 Å². The van der Waals surface area contributed by atoms with Gasteiger partial charge in [0.2, 0.25) is 14.9 Å². The first-order valence-electron chi connectivity index (χ1n) is 4.34. The van der Waals surface area contributed by atoms with E-state index in [2.05, 4.69) is 4.98 Å². The zero-order chi connectivity index (χ0) is 11.5. The van der Waals surface area contributed by atoms with Crippen molar-refractivity contribution in [3.63, 3.8) is 0 Å². The van der Waals surface area contributed by atoms with Gasteiger partial charge in [0.05, 0.1) is 12.9 Å². The fourth-order valence-electron chi connectivity index (χ4n) is 1.21. The lowest BCUT2D eigenvalue weighted by Gasteiger charge is -2.05. The normalized spacial score (nSPS) is 11.4.